The molecule has 0 aromatic heterocycles. The van der Waals surface area contributed by atoms with E-state index in [0.717, 1.165) is 24.8 Å². The van der Waals surface area contributed by atoms with Gasteiger partial charge in [-0.1, -0.05) is 18.6 Å². The average molecular weight is 484 g/mol. The van der Waals surface area contributed by atoms with E-state index >= 15 is 0 Å². The summed E-state index contributed by atoms with van der Waals surface area (Å²) in [6.45, 7) is 2.30. The molecule has 34 heavy (non-hydrogen) atoms. The molecule has 1 saturated heterocycles. The molecule has 2 aliphatic rings. The van der Waals surface area contributed by atoms with Crippen LogP contribution < -0.4 is 10.2 Å². The lowest BCUT2D eigenvalue weighted by Gasteiger charge is -2.27. The van der Waals surface area contributed by atoms with Gasteiger partial charge in [0.15, 0.2) is 5.78 Å². The second-order valence-corrected chi connectivity index (χ2v) is 10.7. The van der Waals surface area contributed by atoms with E-state index in [4.69, 9.17) is 0 Å². The van der Waals surface area contributed by atoms with E-state index in [-0.39, 0.29) is 29.6 Å². The summed E-state index contributed by atoms with van der Waals surface area (Å²) in [4.78, 5) is 38.8. The average Bonchev–Trinajstić information content (AvgIpc) is 2.98. The van der Waals surface area contributed by atoms with Gasteiger partial charge >= 0.3 is 0 Å². The Kier molecular flexibility index (Phi) is 7.13. The van der Waals surface area contributed by atoms with Crippen LogP contribution in [0.4, 0.5) is 11.4 Å². The topological polar surface area (TPSA) is 104 Å². The van der Waals surface area contributed by atoms with Crippen LogP contribution in [0.3, 0.4) is 0 Å². The van der Waals surface area contributed by atoms with Crippen LogP contribution in [-0.2, 0) is 26.0 Å². The van der Waals surface area contributed by atoms with Gasteiger partial charge in [-0.3, -0.25) is 14.4 Å². The SMILES string of the molecule is CC(=O)c1cccc(NC(=O)CN2C(=O)CCCc3cc(S(=O)(=O)N4CCCCC4)ccc32)c1. The van der Waals surface area contributed by atoms with Gasteiger partial charge in [0, 0.05) is 36.4 Å². The maximum Gasteiger partial charge on any atom is 0.244 e. The molecule has 0 saturated carbocycles. The van der Waals surface area contributed by atoms with E-state index in [1.54, 1.807) is 36.4 Å². The van der Waals surface area contributed by atoms with Crippen molar-refractivity contribution >= 4 is 39.0 Å². The number of fused-ring (bicyclic) bond motifs is 1. The maximum atomic E-state index is 13.1. The molecule has 2 aromatic carbocycles. The minimum absolute atomic E-state index is 0.108. The normalized spacial score (nSPS) is 17.1. The molecule has 0 bridgehead atoms. The number of anilines is 2. The van der Waals surface area contributed by atoms with E-state index in [1.807, 2.05) is 0 Å². The number of hydrogen-bond acceptors (Lipinski definition) is 5. The molecule has 0 unspecified atom stereocenters. The molecule has 1 fully saturated rings. The van der Waals surface area contributed by atoms with Gasteiger partial charge < -0.3 is 10.2 Å². The van der Waals surface area contributed by atoms with Crippen LogP contribution >= 0.6 is 0 Å². The Hall–Kier alpha value is -3.04. The molecule has 2 amide bonds. The number of nitrogens with one attached hydrogen (secondary N) is 1. The smallest absolute Gasteiger partial charge is 0.244 e. The lowest BCUT2D eigenvalue weighted by Crippen LogP contribution is -2.38. The summed E-state index contributed by atoms with van der Waals surface area (Å²) >= 11 is 0. The zero-order valence-electron chi connectivity index (χ0n) is 19.2. The van der Waals surface area contributed by atoms with E-state index in [0.29, 0.717) is 42.9 Å². The summed E-state index contributed by atoms with van der Waals surface area (Å²) in [5, 5.41) is 2.75. The van der Waals surface area contributed by atoms with E-state index < -0.39 is 15.9 Å². The van der Waals surface area contributed by atoms with Gasteiger partial charge in [-0.2, -0.15) is 4.31 Å². The van der Waals surface area contributed by atoms with Crippen molar-refractivity contribution in [1.82, 2.24) is 4.31 Å². The number of ketones is 1. The Labute approximate surface area is 200 Å². The number of sulfonamides is 1. The summed E-state index contributed by atoms with van der Waals surface area (Å²) in [5.41, 5.74) is 2.27. The highest BCUT2D eigenvalue weighted by Gasteiger charge is 2.29. The van der Waals surface area contributed by atoms with Crippen molar-refractivity contribution in [3.8, 4) is 0 Å². The number of benzene rings is 2. The summed E-state index contributed by atoms with van der Waals surface area (Å²) in [7, 11) is -3.59. The van der Waals surface area contributed by atoms with Crippen molar-refractivity contribution in [3.63, 3.8) is 0 Å². The van der Waals surface area contributed by atoms with Gasteiger partial charge in [0.25, 0.3) is 0 Å². The molecule has 9 heteroatoms. The summed E-state index contributed by atoms with van der Waals surface area (Å²) < 4.78 is 27.8. The molecule has 1 N–H and O–H groups in total. The highest BCUT2D eigenvalue weighted by molar-refractivity contribution is 7.89. The Morgan fingerprint density at radius 3 is 2.47 bits per heavy atom. The standard InChI is InChI=1S/C25H29N3O5S/c1-18(29)19-7-5-9-21(15-19)26-24(30)17-28-23-12-11-22(16-20(23)8-6-10-25(28)31)34(32,33)27-13-3-2-4-14-27/h5,7,9,11-12,15-16H,2-4,6,8,10,13-14,17H2,1H3,(H,26,30). The van der Waals surface area contributed by atoms with Crippen molar-refractivity contribution in [1.29, 1.82) is 0 Å². The fraction of sp³-hybridized carbons (Fsp3) is 0.400. The minimum atomic E-state index is -3.59. The Morgan fingerprint density at radius 1 is 0.971 bits per heavy atom. The Balaban J connectivity index is 1.56. The molecule has 180 valence electrons. The lowest BCUT2D eigenvalue weighted by atomic mass is 10.1. The second-order valence-electron chi connectivity index (χ2n) is 8.77. The first-order chi connectivity index (χ1) is 16.3. The van der Waals surface area contributed by atoms with Crippen molar-refractivity contribution in [3.05, 3.63) is 53.6 Å². The second kappa shape index (κ2) is 10.1. The summed E-state index contributed by atoms with van der Waals surface area (Å²) in [6.07, 6.45) is 4.17. The van der Waals surface area contributed by atoms with Gasteiger partial charge in [-0.25, -0.2) is 8.42 Å². The van der Waals surface area contributed by atoms with Crippen LogP contribution in [0.2, 0.25) is 0 Å². The van der Waals surface area contributed by atoms with Crippen molar-refractivity contribution in [2.45, 2.75) is 50.3 Å². The summed E-state index contributed by atoms with van der Waals surface area (Å²) in [5.74, 6) is -0.687. The van der Waals surface area contributed by atoms with Gasteiger partial charge in [0.05, 0.1) is 4.90 Å². The highest BCUT2D eigenvalue weighted by atomic mass is 32.2. The van der Waals surface area contributed by atoms with Gasteiger partial charge in [0.1, 0.15) is 6.54 Å². The number of nitrogens with zero attached hydrogens (tertiary/aromatic N) is 2. The molecule has 4 rings (SSSR count). The van der Waals surface area contributed by atoms with E-state index in [1.165, 1.54) is 22.2 Å². The number of Topliss-reactive ketones (excluding diaryl/α,β-unsaturated/α-hetero) is 1. The molecule has 2 aliphatic heterocycles. The zero-order valence-corrected chi connectivity index (χ0v) is 20.1. The van der Waals surface area contributed by atoms with Crippen LogP contribution in [0.15, 0.2) is 47.4 Å². The molecule has 2 heterocycles. The van der Waals surface area contributed by atoms with Crippen molar-refractivity contribution in [2.75, 3.05) is 29.9 Å². The van der Waals surface area contributed by atoms with E-state index in [2.05, 4.69) is 5.32 Å². The highest BCUT2D eigenvalue weighted by Crippen LogP contribution is 2.31. The minimum Gasteiger partial charge on any atom is -0.325 e. The molecule has 0 atom stereocenters. The zero-order chi connectivity index (χ0) is 24.3. The number of piperidine rings is 1. The number of carbonyl (C=O) groups is 3. The fourth-order valence-corrected chi connectivity index (χ4v) is 6.04. The number of rotatable bonds is 6. The fourth-order valence-electron chi connectivity index (χ4n) is 4.47. The van der Waals surface area contributed by atoms with Gasteiger partial charge in [0.2, 0.25) is 21.8 Å². The predicted molar refractivity (Wildman–Crippen MR) is 129 cm³/mol. The van der Waals surface area contributed by atoms with Gasteiger partial charge in [-0.15, -0.1) is 0 Å². The van der Waals surface area contributed by atoms with Crippen molar-refractivity contribution in [2.24, 2.45) is 0 Å². The lowest BCUT2D eigenvalue weighted by molar-refractivity contribution is -0.121. The predicted octanol–water partition coefficient (Wildman–Crippen LogP) is 3.37. The van der Waals surface area contributed by atoms with Crippen LogP contribution in [-0.4, -0.2) is 50.0 Å². The molecule has 8 nitrogen and oxygen atoms in total. The molecule has 0 spiro atoms. The Morgan fingerprint density at radius 2 is 1.74 bits per heavy atom. The van der Waals surface area contributed by atoms with E-state index in [9.17, 15) is 22.8 Å². The quantitative estimate of drug-likeness (QED) is 0.635. The third-order valence-corrected chi connectivity index (χ3v) is 8.18. The molecule has 2 aromatic rings. The number of aryl methyl sites for hydroxylation is 1. The molecular formula is C25H29N3O5S. The first kappa shape index (κ1) is 24.1. The molecular weight excluding hydrogens is 454 g/mol. The third-order valence-electron chi connectivity index (χ3n) is 6.29. The largest absolute Gasteiger partial charge is 0.325 e. The third kappa shape index (κ3) is 5.20. The van der Waals surface area contributed by atoms with Crippen LogP contribution in [0.1, 0.15) is 54.9 Å². The number of amides is 2. The Bertz CT molecular complexity index is 1220. The van der Waals surface area contributed by atoms with Crippen LogP contribution in [0, 0.1) is 0 Å². The molecule has 0 radical (unpaired) electrons. The first-order valence-electron chi connectivity index (χ1n) is 11.6. The first-order valence-corrected chi connectivity index (χ1v) is 13.0. The number of carbonyl (C=O) groups excluding carboxylic acids is 3. The van der Waals surface area contributed by atoms with Crippen molar-refractivity contribution < 1.29 is 22.8 Å². The summed E-state index contributed by atoms with van der Waals surface area (Å²) in [6, 6.07) is 11.4. The number of hydrogen-bond donors (Lipinski definition) is 1. The maximum absolute atomic E-state index is 13.1. The van der Waals surface area contributed by atoms with Crippen LogP contribution in [0.5, 0.6) is 0 Å². The monoisotopic (exact) mass is 483 g/mol. The van der Waals surface area contributed by atoms with Crippen LogP contribution in [0.25, 0.3) is 0 Å². The molecule has 0 aliphatic carbocycles. The van der Waals surface area contributed by atoms with Gasteiger partial charge in [-0.05, 0) is 68.5 Å².